The average molecular weight is 297 g/mol. The summed E-state index contributed by atoms with van der Waals surface area (Å²) in [5.74, 6) is -1.04. The Balaban J connectivity index is 1.73. The summed E-state index contributed by atoms with van der Waals surface area (Å²) >= 11 is 0. The molecule has 2 N–H and O–H groups in total. The number of amides is 2. The van der Waals surface area contributed by atoms with Crippen molar-refractivity contribution >= 4 is 12.0 Å². The molecule has 0 aromatic heterocycles. The highest BCUT2D eigenvalue weighted by Gasteiger charge is 2.44. The van der Waals surface area contributed by atoms with Gasteiger partial charge in [-0.3, -0.25) is 4.90 Å². The van der Waals surface area contributed by atoms with E-state index in [1.807, 2.05) is 6.92 Å². The fraction of sp³-hybridized carbons (Fsp3) is 0.857. The molecule has 7 nitrogen and oxygen atoms in total. The zero-order valence-corrected chi connectivity index (χ0v) is 12.3. The van der Waals surface area contributed by atoms with Gasteiger partial charge in [0.1, 0.15) is 6.04 Å². The first-order valence-corrected chi connectivity index (χ1v) is 7.69. The topological polar surface area (TPSA) is 84.3 Å². The van der Waals surface area contributed by atoms with Crippen LogP contribution < -0.4 is 0 Å². The lowest BCUT2D eigenvalue weighted by molar-refractivity contribution is -0.141. The molecule has 118 valence electrons. The molecule has 2 amide bonds. The molecule has 0 aliphatic carbocycles. The molecule has 0 saturated carbocycles. The minimum Gasteiger partial charge on any atom is -0.480 e. The minimum atomic E-state index is -1.04. The lowest BCUT2D eigenvalue weighted by Crippen LogP contribution is -2.60. The van der Waals surface area contributed by atoms with Gasteiger partial charge in [0.2, 0.25) is 0 Å². The summed E-state index contributed by atoms with van der Waals surface area (Å²) in [5.41, 5.74) is 0. The molecular weight excluding hydrogens is 274 g/mol. The van der Waals surface area contributed by atoms with E-state index in [0.29, 0.717) is 12.6 Å². The number of likely N-dealkylation sites (tertiary alicyclic amines) is 1. The number of piperazine rings is 1. The Kier molecular flexibility index (Phi) is 3.79. The van der Waals surface area contributed by atoms with Crippen molar-refractivity contribution in [2.45, 2.75) is 50.4 Å². The zero-order chi connectivity index (χ0) is 15.1. The van der Waals surface area contributed by atoms with Gasteiger partial charge in [-0.2, -0.15) is 0 Å². The van der Waals surface area contributed by atoms with Gasteiger partial charge < -0.3 is 20.0 Å². The Morgan fingerprint density at radius 3 is 2.62 bits per heavy atom. The second kappa shape index (κ2) is 5.46. The number of fused-ring (bicyclic) bond motifs is 1. The maximum Gasteiger partial charge on any atom is 0.326 e. The van der Waals surface area contributed by atoms with Crippen molar-refractivity contribution in [3.63, 3.8) is 0 Å². The quantitative estimate of drug-likeness (QED) is 0.700. The Morgan fingerprint density at radius 1 is 1.14 bits per heavy atom. The first-order chi connectivity index (χ1) is 9.97. The van der Waals surface area contributed by atoms with Gasteiger partial charge in [-0.15, -0.1) is 0 Å². The fourth-order valence-corrected chi connectivity index (χ4v) is 3.88. The van der Waals surface area contributed by atoms with Crippen molar-refractivity contribution in [3.8, 4) is 0 Å². The summed E-state index contributed by atoms with van der Waals surface area (Å²) in [7, 11) is 0. The monoisotopic (exact) mass is 297 g/mol. The van der Waals surface area contributed by atoms with E-state index in [9.17, 15) is 19.8 Å². The van der Waals surface area contributed by atoms with Crippen LogP contribution in [0.25, 0.3) is 0 Å². The first kappa shape index (κ1) is 14.6. The van der Waals surface area contributed by atoms with E-state index in [-0.39, 0.29) is 25.0 Å². The van der Waals surface area contributed by atoms with Gasteiger partial charge in [0, 0.05) is 38.1 Å². The SMILES string of the molecule is CC1CN2CCCC2CN1C(=O)N1C[C@H](O)C[C@H]1C(=O)O. The number of β-amino-alcohol motifs (C(OH)–C–C–N with tert-alkyl or cyclic N) is 1. The number of rotatable bonds is 1. The highest BCUT2D eigenvalue weighted by Crippen LogP contribution is 2.27. The van der Waals surface area contributed by atoms with Crippen LogP contribution in [0.4, 0.5) is 4.79 Å². The van der Waals surface area contributed by atoms with Crippen molar-refractivity contribution < 1.29 is 19.8 Å². The lowest BCUT2D eigenvalue weighted by atomic mass is 10.1. The van der Waals surface area contributed by atoms with Gasteiger partial charge in [-0.05, 0) is 26.3 Å². The van der Waals surface area contributed by atoms with Crippen molar-refractivity contribution in [1.82, 2.24) is 14.7 Å². The number of nitrogens with zero attached hydrogens (tertiary/aromatic N) is 3. The first-order valence-electron chi connectivity index (χ1n) is 7.69. The van der Waals surface area contributed by atoms with E-state index in [1.165, 1.54) is 11.3 Å². The third kappa shape index (κ3) is 2.60. The number of aliphatic carboxylic acids is 1. The highest BCUT2D eigenvalue weighted by atomic mass is 16.4. The Hall–Kier alpha value is -1.34. The van der Waals surface area contributed by atoms with Crippen molar-refractivity contribution in [3.05, 3.63) is 0 Å². The molecule has 3 aliphatic heterocycles. The molecule has 2 unspecified atom stereocenters. The summed E-state index contributed by atoms with van der Waals surface area (Å²) < 4.78 is 0. The summed E-state index contributed by atoms with van der Waals surface area (Å²) in [4.78, 5) is 29.5. The number of carboxylic acid groups (broad SMARTS) is 1. The van der Waals surface area contributed by atoms with Gasteiger partial charge in [0.25, 0.3) is 0 Å². The molecule has 3 fully saturated rings. The van der Waals surface area contributed by atoms with Gasteiger partial charge in [-0.25, -0.2) is 9.59 Å². The number of hydrogen-bond acceptors (Lipinski definition) is 4. The maximum atomic E-state index is 12.7. The molecule has 0 aromatic rings. The van der Waals surface area contributed by atoms with Gasteiger partial charge >= 0.3 is 12.0 Å². The summed E-state index contributed by atoms with van der Waals surface area (Å²) in [6.45, 7) is 4.74. The van der Waals surface area contributed by atoms with E-state index < -0.39 is 18.1 Å². The second-order valence-electron chi connectivity index (χ2n) is 6.47. The molecule has 0 bridgehead atoms. The lowest BCUT2D eigenvalue weighted by Gasteiger charge is -2.44. The average Bonchev–Trinajstić information content (AvgIpc) is 3.02. The molecule has 4 atom stereocenters. The van der Waals surface area contributed by atoms with E-state index in [4.69, 9.17) is 0 Å². The van der Waals surface area contributed by atoms with Gasteiger partial charge in [0.15, 0.2) is 0 Å². The highest BCUT2D eigenvalue weighted by molar-refractivity contribution is 5.83. The Bertz CT molecular complexity index is 444. The number of aliphatic hydroxyl groups excluding tert-OH is 1. The maximum absolute atomic E-state index is 12.7. The molecule has 3 saturated heterocycles. The van der Waals surface area contributed by atoms with Crippen LogP contribution in [0, 0.1) is 0 Å². The van der Waals surface area contributed by atoms with E-state index in [1.54, 1.807) is 4.90 Å². The smallest absolute Gasteiger partial charge is 0.326 e. The third-order valence-electron chi connectivity index (χ3n) is 4.99. The molecule has 7 heteroatoms. The van der Waals surface area contributed by atoms with Crippen LogP contribution in [0.2, 0.25) is 0 Å². The van der Waals surface area contributed by atoms with Crippen LogP contribution >= 0.6 is 0 Å². The van der Waals surface area contributed by atoms with E-state index in [2.05, 4.69) is 4.90 Å². The second-order valence-corrected chi connectivity index (χ2v) is 6.47. The number of carbonyl (C=O) groups excluding carboxylic acids is 1. The van der Waals surface area contributed by atoms with Crippen LogP contribution in [0.3, 0.4) is 0 Å². The largest absolute Gasteiger partial charge is 0.480 e. The number of carboxylic acids is 1. The van der Waals surface area contributed by atoms with Crippen LogP contribution in [-0.2, 0) is 4.79 Å². The molecule has 21 heavy (non-hydrogen) atoms. The molecular formula is C14H23N3O4. The Morgan fingerprint density at radius 2 is 1.90 bits per heavy atom. The predicted molar refractivity (Wildman–Crippen MR) is 74.9 cm³/mol. The van der Waals surface area contributed by atoms with Gasteiger partial charge in [-0.1, -0.05) is 0 Å². The molecule has 0 aromatic carbocycles. The predicted octanol–water partition coefficient (Wildman–Crippen LogP) is -0.205. The van der Waals surface area contributed by atoms with Crippen LogP contribution in [0.5, 0.6) is 0 Å². The van der Waals surface area contributed by atoms with Crippen molar-refractivity contribution in [1.29, 1.82) is 0 Å². The molecule has 3 rings (SSSR count). The standard InChI is InChI=1S/C14H23N3O4/c1-9-6-15-4-2-3-10(15)7-16(9)14(21)17-8-11(18)5-12(17)13(19)20/h9-12,18H,2-8H2,1H3,(H,19,20)/t9?,10?,11-,12+/m1/s1. The summed E-state index contributed by atoms with van der Waals surface area (Å²) in [6.07, 6.45) is 1.65. The molecule has 0 spiro atoms. The third-order valence-corrected chi connectivity index (χ3v) is 4.99. The number of hydrogen-bond donors (Lipinski definition) is 2. The summed E-state index contributed by atoms with van der Waals surface area (Å²) in [6, 6.07) is -0.653. The molecule has 3 heterocycles. The molecule has 0 radical (unpaired) electrons. The zero-order valence-electron chi connectivity index (χ0n) is 12.3. The van der Waals surface area contributed by atoms with Crippen molar-refractivity contribution in [2.24, 2.45) is 0 Å². The number of aliphatic hydroxyl groups is 1. The Labute approximate surface area is 124 Å². The van der Waals surface area contributed by atoms with Gasteiger partial charge in [0.05, 0.1) is 6.10 Å². The number of urea groups is 1. The van der Waals surface area contributed by atoms with Crippen LogP contribution in [-0.4, -0.2) is 87.3 Å². The van der Waals surface area contributed by atoms with Crippen LogP contribution in [0.1, 0.15) is 26.2 Å². The van der Waals surface area contributed by atoms with E-state index >= 15 is 0 Å². The van der Waals surface area contributed by atoms with Crippen LogP contribution in [0.15, 0.2) is 0 Å². The van der Waals surface area contributed by atoms with E-state index in [0.717, 1.165) is 19.5 Å². The molecule has 3 aliphatic rings. The number of carbonyl (C=O) groups is 2. The normalized spacial score (nSPS) is 36.9. The summed E-state index contributed by atoms with van der Waals surface area (Å²) in [5, 5.41) is 18.9. The fourth-order valence-electron chi connectivity index (χ4n) is 3.88. The minimum absolute atomic E-state index is 0.0824. The van der Waals surface area contributed by atoms with Crippen molar-refractivity contribution in [2.75, 3.05) is 26.2 Å².